The number of methoxy groups -OCH3 is 2. The number of carbonyl (C=O) groups is 1. The topological polar surface area (TPSA) is 104 Å². The maximum absolute atomic E-state index is 12.7. The summed E-state index contributed by atoms with van der Waals surface area (Å²) >= 11 is 1.30. The van der Waals surface area contributed by atoms with Crippen molar-refractivity contribution in [1.29, 1.82) is 0 Å². The summed E-state index contributed by atoms with van der Waals surface area (Å²) in [7, 11) is 3.03. The van der Waals surface area contributed by atoms with E-state index >= 15 is 0 Å². The number of nitro benzene ring substituents is 1. The fourth-order valence-corrected chi connectivity index (χ4v) is 3.84. The number of nitrogens with zero attached hydrogens (tertiary/aromatic N) is 2. The second-order valence-corrected chi connectivity index (χ2v) is 7.91. The van der Waals surface area contributed by atoms with Crippen molar-refractivity contribution in [2.75, 3.05) is 19.5 Å². The Morgan fingerprint density at radius 2 is 1.93 bits per heavy atom. The molecule has 2 aromatic carbocycles. The summed E-state index contributed by atoms with van der Waals surface area (Å²) in [6.45, 7) is 3.73. The molecule has 1 N–H and O–H groups in total. The molecule has 0 spiro atoms. The molecule has 1 aromatic heterocycles. The number of benzene rings is 2. The third kappa shape index (κ3) is 4.62. The number of fused-ring (bicyclic) bond motifs is 1. The third-order valence-electron chi connectivity index (χ3n) is 4.52. The van der Waals surface area contributed by atoms with Gasteiger partial charge in [0.1, 0.15) is 11.5 Å². The molecule has 1 atom stereocenters. The van der Waals surface area contributed by atoms with Crippen LogP contribution < -0.4 is 14.8 Å². The average Bonchev–Trinajstić information content (AvgIpc) is 2.73. The smallest absolute Gasteiger partial charge is 0.271 e. The minimum absolute atomic E-state index is 0.132. The summed E-state index contributed by atoms with van der Waals surface area (Å²) < 4.78 is 10.5. The second kappa shape index (κ2) is 9.00. The minimum atomic E-state index is -0.524. The van der Waals surface area contributed by atoms with Gasteiger partial charge in [-0.05, 0) is 43.7 Å². The van der Waals surface area contributed by atoms with Crippen molar-refractivity contribution in [3.63, 3.8) is 0 Å². The highest BCUT2D eigenvalue weighted by Crippen LogP contribution is 2.32. The summed E-state index contributed by atoms with van der Waals surface area (Å²) in [5.41, 5.74) is 1.94. The molecule has 8 nitrogen and oxygen atoms in total. The van der Waals surface area contributed by atoms with E-state index in [9.17, 15) is 14.9 Å². The lowest BCUT2D eigenvalue weighted by atomic mass is 10.1. The van der Waals surface area contributed by atoms with Crippen LogP contribution in [0.25, 0.3) is 10.9 Å². The molecule has 0 aliphatic rings. The molecule has 3 rings (SSSR count). The van der Waals surface area contributed by atoms with Gasteiger partial charge in [-0.25, -0.2) is 4.98 Å². The van der Waals surface area contributed by atoms with Gasteiger partial charge in [-0.15, -0.1) is 0 Å². The van der Waals surface area contributed by atoms with Gasteiger partial charge >= 0.3 is 0 Å². The standard InChI is InChI=1S/C21H21N3O5S/c1-12-9-20(22-17-11-15(28-3)6-7-16(12)17)30-13(2)21(25)23-18-10-14(24(26)27)5-8-19(18)29-4/h5-11,13H,1-4H3,(H,23,25)/t13-/m0/s1. The number of rotatable bonds is 7. The van der Waals surface area contributed by atoms with E-state index in [1.54, 1.807) is 14.0 Å². The van der Waals surface area contributed by atoms with Gasteiger partial charge in [0.15, 0.2) is 0 Å². The SMILES string of the molecule is COc1ccc2c(C)cc(S[C@@H](C)C(=O)Nc3cc([N+](=O)[O-])ccc3OC)nc2c1. The molecular formula is C21H21N3O5S. The number of hydrogen-bond acceptors (Lipinski definition) is 7. The predicted octanol–water partition coefficient (Wildman–Crippen LogP) is 4.59. The van der Waals surface area contributed by atoms with Crippen molar-refractivity contribution in [3.05, 3.63) is 58.1 Å². The Morgan fingerprint density at radius 3 is 2.60 bits per heavy atom. The number of carbonyl (C=O) groups excluding carboxylic acids is 1. The molecule has 1 heterocycles. The fourth-order valence-electron chi connectivity index (χ4n) is 2.91. The number of hydrogen-bond donors (Lipinski definition) is 1. The fraction of sp³-hybridized carbons (Fsp3) is 0.238. The highest BCUT2D eigenvalue weighted by molar-refractivity contribution is 8.00. The van der Waals surface area contributed by atoms with E-state index in [1.165, 1.54) is 37.1 Å². The van der Waals surface area contributed by atoms with Gasteiger partial charge in [-0.2, -0.15) is 0 Å². The van der Waals surface area contributed by atoms with E-state index < -0.39 is 10.2 Å². The van der Waals surface area contributed by atoms with Crippen LogP contribution in [-0.2, 0) is 4.79 Å². The van der Waals surface area contributed by atoms with Crippen molar-refractivity contribution < 1.29 is 19.2 Å². The molecule has 1 amide bonds. The van der Waals surface area contributed by atoms with Crippen molar-refractivity contribution in [3.8, 4) is 11.5 Å². The molecule has 0 saturated carbocycles. The number of aromatic nitrogens is 1. The van der Waals surface area contributed by atoms with Crippen LogP contribution in [0.5, 0.6) is 11.5 Å². The van der Waals surface area contributed by atoms with Gasteiger partial charge in [0.2, 0.25) is 5.91 Å². The van der Waals surface area contributed by atoms with E-state index in [0.29, 0.717) is 16.5 Å². The summed E-state index contributed by atoms with van der Waals surface area (Å²) in [5.74, 6) is 0.738. The number of pyridine rings is 1. The Kier molecular flexibility index (Phi) is 6.41. The van der Waals surface area contributed by atoms with Crippen LogP contribution in [0.4, 0.5) is 11.4 Å². The first-order valence-corrected chi connectivity index (χ1v) is 9.95. The number of ether oxygens (including phenoxy) is 2. The Bertz CT molecular complexity index is 1120. The number of thioether (sulfide) groups is 1. The first-order chi connectivity index (χ1) is 14.3. The van der Waals surface area contributed by atoms with Crippen LogP contribution in [0.1, 0.15) is 12.5 Å². The van der Waals surface area contributed by atoms with Crippen LogP contribution >= 0.6 is 11.8 Å². The van der Waals surface area contributed by atoms with E-state index in [4.69, 9.17) is 9.47 Å². The molecule has 0 saturated heterocycles. The normalized spacial score (nSPS) is 11.7. The highest BCUT2D eigenvalue weighted by Gasteiger charge is 2.19. The molecule has 0 bridgehead atoms. The lowest BCUT2D eigenvalue weighted by Gasteiger charge is -2.14. The lowest BCUT2D eigenvalue weighted by Crippen LogP contribution is -2.23. The van der Waals surface area contributed by atoms with Crippen molar-refractivity contribution >= 4 is 39.9 Å². The summed E-state index contributed by atoms with van der Waals surface area (Å²) in [5, 5.41) is 15.0. The van der Waals surface area contributed by atoms with E-state index in [-0.39, 0.29) is 17.3 Å². The zero-order chi connectivity index (χ0) is 21.8. The zero-order valence-electron chi connectivity index (χ0n) is 17.0. The molecule has 0 aliphatic carbocycles. The van der Waals surface area contributed by atoms with E-state index in [1.807, 2.05) is 31.2 Å². The number of non-ortho nitro benzene ring substituents is 1. The van der Waals surface area contributed by atoms with Gasteiger partial charge in [-0.1, -0.05) is 11.8 Å². The molecule has 3 aromatic rings. The molecule has 0 fully saturated rings. The molecular weight excluding hydrogens is 406 g/mol. The van der Waals surface area contributed by atoms with E-state index in [0.717, 1.165) is 16.5 Å². The first kappa shape index (κ1) is 21.4. The zero-order valence-corrected chi connectivity index (χ0v) is 17.8. The van der Waals surface area contributed by atoms with Gasteiger partial charge in [0, 0.05) is 23.6 Å². The monoisotopic (exact) mass is 427 g/mol. The van der Waals surface area contributed by atoms with Gasteiger partial charge in [0.25, 0.3) is 5.69 Å². The van der Waals surface area contributed by atoms with Crippen molar-refractivity contribution in [1.82, 2.24) is 4.98 Å². The summed E-state index contributed by atoms with van der Waals surface area (Å²) in [6, 6.07) is 11.7. The minimum Gasteiger partial charge on any atom is -0.497 e. The highest BCUT2D eigenvalue weighted by atomic mass is 32.2. The van der Waals surface area contributed by atoms with E-state index in [2.05, 4.69) is 10.3 Å². The predicted molar refractivity (Wildman–Crippen MR) is 117 cm³/mol. The molecule has 0 aliphatic heterocycles. The van der Waals surface area contributed by atoms with Gasteiger partial charge in [0.05, 0.1) is 40.6 Å². The first-order valence-electron chi connectivity index (χ1n) is 9.07. The number of anilines is 1. The molecule has 9 heteroatoms. The van der Waals surface area contributed by atoms with Gasteiger partial charge in [-0.3, -0.25) is 14.9 Å². The molecule has 0 radical (unpaired) electrons. The Morgan fingerprint density at radius 1 is 1.17 bits per heavy atom. The number of nitrogens with one attached hydrogen (secondary N) is 1. The number of amides is 1. The van der Waals surface area contributed by atoms with Crippen LogP contribution in [-0.4, -0.2) is 35.3 Å². The van der Waals surface area contributed by atoms with Crippen LogP contribution in [0.3, 0.4) is 0 Å². The van der Waals surface area contributed by atoms with Crippen molar-refractivity contribution in [2.24, 2.45) is 0 Å². The summed E-state index contributed by atoms with van der Waals surface area (Å²) in [6.07, 6.45) is 0. The maximum atomic E-state index is 12.7. The van der Waals surface area contributed by atoms with Crippen LogP contribution in [0.2, 0.25) is 0 Å². The van der Waals surface area contributed by atoms with Gasteiger partial charge < -0.3 is 14.8 Å². The van der Waals surface area contributed by atoms with Crippen LogP contribution in [0.15, 0.2) is 47.5 Å². The van der Waals surface area contributed by atoms with Crippen molar-refractivity contribution in [2.45, 2.75) is 24.1 Å². The number of aryl methyl sites for hydroxylation is 1. The number of nitro groups is 1. The van der Waals surface area contributed by atoms with Crippen LogP contribution in [0, 0.1) is 17.0 Å². The maximum Gasteiger partial charge on any atom is 0.271 e. The third-order valence-corrected chi connectivity index (χ3v) is 5.54. The molecule has 156 valence electrons. The Hall–Kier alpha value is -3.33. The second-order valence-electron chi connectivity index (χ2n) is 6.55. The quantitative estimate of drug-likeness (QED) is 0.334. The molecule has 30 heavy (non-hydrogen) atoms. The average molecular weight is 427 g/mol. The summed E-state index contributed by atoms with van der Waals surface area (Å²) in [4.78, 5) is 27.8. The largest absolute Gasteiger partial charge is 0.497 e. The molecule has 0 unspecified atom stereocenters. The lowest BCUT2D eigenvalue weighted by molar-refractivity contribution is -0.384. The Labute approximate surface area is 177 Å². The Balaban J connectivity index is 1.80.